The highest BCUT2D eigenvalue weighted by Crippen LogP contribution is 2.20. The number of ether oxygens (including phenoxy) is 1. The average Bonchev–Trinajstić information content (AvgIpc) is 2.59. The van der Waals surface area contributed by atoms with Gasteiger partial charge in [0.05, 0.1) is 18.5 Å². The molecule has 0 amide bonds. The van der Waals surface area contributed by atoms with Gasteiger partial charge in [0, 0.05) is 32.4 Å². The van der Waals surface area contributed by atoms with E-state index in [0.29, 0.717) is 0 Å². The van der Waals surface area contributed by atoms with Crippen LogP contribution in [-0.2, 0) is 11.3 Å². The standard InChI is InChI=1S/C12H19N3O/c1-13-9-11-3-4-14-10-12(11)15-5-2-7-16-8-6-15/h3-4,10,13H,2,5-9H2,1H3. The van der Waals surface area contributed by atoms with Crippen LogP contribution in [0.2, 0.25) is 0 Å². The zero-order valence-electron chi connectivity index (χ0n) is 9.78. The quantitative estimate of drug-likeness (QED) is 0.827. The maximum Gasteiger partial charge on any atom is 0.0641 e. The molecule has 0 bridgehead atoms. The maximum absolute atomic E-state index is 5.47. The molecule has 2 rings (SSSR count). The number of aromatic nitrogens is 1. The normalized spacial score (nSPS) is 17.2. The topological polar surface area (TPSA) is 37.4 Å². The Hall–Kier alpha value is -1.13. The van der Waals surface area contributed by atoms with E-state index in [9.17, 15) is 0 Å². The fourth-order valence-electron chi connectivity index (χ4n) is 2.03. The van der Waals surface area contributed by atoms with Gasteiger partial charge in [-0.3, -0.25) is 4.98 Å². The summed E-state index contributed by atoms with van der Waals surface area (Å²) in [6.07, 6.45) is 4.90. The Balaban J connectivity index is 2.16. The van der Waals surface area contributed by atoms with Crippen molar-refractivity contribution >= 4 is 5.69 Å². The summed E-state index contributed by atoms with van der Waals surface area (Å²) in [6.45, 7) is 4.59. The summed E-state index contributed by atoms with van der Waals surface area (Å²) in [7, 11) is 1.97. The number of pyridine rings is 1. The molecule has 1 aromatic heterocycles. The Morgan fingerprint density at radius 2 is 2.38 bits per heavy atom. The summed E-state index contributed by atoms with van der Waals surface area (Å²) in [5.41, 5.74) is 2.54. The minimum absolute atomic E-state index is 0.813. The van der Waals surface area contributed by atoms with Crippen LogP contribution in [0.5, 0.6) is 0 Å². The van der Waals surface area contributed by atoms with Crippen LogP contribution in [0.1, 0.15) is 12.0 Å². The first-order chi connectivity index (χ1) is 7.92. The molecule has 1 aromatic rings. The molecule has 0 aromatic carbocycles. The lowest BCUT2D eigenvalue weighted by Crippen LogP contribution is -2.27. The number of hydrogen-bond donors (Lipinski definition) is 1. The average molecular weight is 221 g/mol. The molecule has 1 aliphatic heterocycles. The zero-order chi connectivity index (χ0) is 11.2. The smallest absolute Gasteiger partial charge is 0.0641 e. The van der Waals surface area contributed by atoms with Crippen LogP contribution >= 0.6 is 0 Å². The summed E-state index contributed by atoms with van der Waals surface area (Å²) in [4.78, 5) is 6.59. The third-order valence-corrected chi connectivity index (χ3v) is 2.82. The third-order valence-electron chi connectivity index (χ3n) is 2.82. The van der Waals surface area contributed by atoms with Crippen LogP contribution in [0, 0.1) is 0 Å². The van der Waals surface area contributed by atoms with E-state index in [2.05, 4.69) is 21.3 Å². The second-order valence-corrected chi connectivity index (χ2v) is 3.99. The van der Waals surface area contributed by atoms with Crippen molar-refractivity contribution in [3.8, 4) is 0 Å². The van der Waals surface area contributed by atoms with Crippen LogP contribution in [0.3, 0.4) is 0 Å². The van der Waals surface area contributed by atoms with Crippen molar-refractivity contribution in [3.63, 3.8) is 0 Å². The van der Waals surface area contributed by atoms with Crippen molar-refractivity contribution in [1.82, 2.24) is 10.3 Å². The lowest BCUT2D eigenvalue weighted by Gasteiger charge is -2.24. The highest BCUT2D eigenvalue weighted by atomic mass is 16.5. The lowest BCUT2D eigenvalue weighted by molar-refractivity contribution is 0.152. The summed E-state index contributed by atoms with van der Waals surface area (Å²) in [5.74, 6) is 0. The minimum atomic E-state index is 0.813. The fraction of sp³-hybridized carbons (Fsp3) is 0.583. The molecule has 0 atom stereocenters. The van der Waals surface area contributed by atoms with Gasteiger partial charge in [0.2, 0.25) is 0 Å². The molecule has 4 heteroatoms. The van der Waals surface area contributed by atoms with Gasteiger partial charge in [-0.25, -0.2) is 0 Å². The molecule has 0 radical (unpaired) electrons. The number of anilines is 1. The van der Waals surface area contributed by atoms with Gasteiger partial charge in [-0.2, -0.15) is 0 Å². The summed E-state index contributed by atoms with van der Waals surface area (Å²) in [6, 6.07) is 2.08. The molecule has 1 N–H and O–H groups in total. The van der Waals surface area contributed by atoms with E-state index in [0.717, 1.165) is 39.3 Å². The molecule has 0 aliphatic carbocycles. The first kappa shape index (κ1) is 11.4. The Kier molecular flexibility index (Phi) is 4.13. The van der Waals surface area contributed by atoms with Crippen LogP contribution < -0.4 is 10.2 Å². The highest BCUT2D eigenvalue weighted by molar-refractivity contribution is 5.51. The molecule has 1 saturated heterocycles. The second-order valence-electron chi connectivity index (χ2n) is 3.99. The second kappa shape index (κ2) is 5.82. The Morgan fingerprint density at radius 3 is 3.25 bits per heavy atom. The van der Waals surface area contributed by atoms with Crippen molar-refractivity contribution in [3.05, 3.63) is 24.0 Å². The van der Waals surface area contributed by atoms with Gasteiger partial charge in [0.15, 0.2) is 0 Å². The van der Waals surface area contributed by atoms with E-state index in [1.165, 1.54) is 11.3 Å². The number of nitrogens with zero attached hydrogens (tertiary/aromatic N) is 2. The van der Waals surface area contributed by atoms with Crippen LogP contribution in [0.4, 0.5) is 5.69 Å². The molecule has 1 aliphatic rings. The van der Waals surface area contributed by atoms with Crippen molar-refractivity contribution in [2.24, 2.45) is 0 Å². The van der Waals surface area contributed by atoms with Gasteiger partial charge < -0.3 is 15.0 Å². The van der Waals surface area contributed by atoms with Crippen molar-refractivity contribution in [2.75, 3.05) is 38.3 Å². The van der Waals surface area contributed by atoms with Gasteiger partial charge >= 0.3 is 0 Å². The van der Waals surface area contributed by atoms with Gasteiger partial charge in [-0.05, 0) is 25.1 Å². The van der Waals surface area contributed by atoms with Crippen LogP contribution in [0.15, 0.2) is 18.5 Å². The number of nitrogens with one attached hydrogen (secondary N) is 1. The molecular weight excluding hydrogens is 202 g/mol. The predicted molar refractivity (Wildman–Crippen MR) is 64.6 cm³/mol. The molecule has 0 spiro atoms. The molecular formula is C12H19N3O. The molecule has 1 fully saturated rings. The number of rotatable bonds is 3. The molecule has 16 heavy (non-hydrogen) atoms. The Morgan fingerprint density at radius 1 is 1.44 bits per heavy atom. The predicted octanol–water partition coefficient (Wildman–Crippen LogP) is 1.03. The fourth-order valence-corrected chi connectivity index (χ4v) is 2.03. The summed E-state index contributed by atoms with van der Waals surface area (Å²) < 4.78 is 5.47. The Bertz CT molecular complexity index is 322. The molecule has 0 saturated carbocycles. The minimum Gasteiger partial charge on any atom is -0.380 e. The van der Waals surface area contributed by atoms with E-state index in [4.69, 9.17) is 4.74 Å². The molecule has 88 valence electrons. The molecule has 2 heterocycles. The SMILES string of the molecule is CNCc1ccncc1N1CCCOCC1. The summed E-state index contributed by atoms with van der Waals surface area (Å²) >= 11 is 0. The van der Waals surface area contributed by atoms with Gasteiger partial charge in [-0.15, -0.1) is 0 Å². The lowest BCUT2D eigenvalue weighted by atomic mass is 10.2. The Labute approximate surface area is 96.6 Å². The third kappa shape index (κ3) is 2.71. The maximum atomic E-state index is 5.47. The van der Waals surface area contributed by atoms with Gasteiger partial charge in [0.1, 0.15) is 0 Å². The monoisotopic (exact) mass is 221 g/mol. The highest BCUT2D eigenvalue weighted by Gasteiger charge is 2.13. The van der Waals surface area contributed by atoms with Crippen LogP contribution in [-0.4, -0.2) is 38.3 Å². The zero-order valence-corrected chi connectivity index (χ0v) is 9.78. The largest absolute Gasteiger partial charge is 0.380 e. The van der Waals surface area contributed by atoms with E-state index in [1.54, 1.807) is 0 Å². The van der Waals surface area contributed by atoms with E-state index in [1.807, 2.05) is 19.4 Å². The van der Waals surface area contributed by atoms with E-state index in [-0.39, 0.29) is 0 Å². The number of hydrogen-bond acceptors (Lipinski definition) is 4. The molecule has 4 nitrogen and oxygen atoms in total. The van der Waals surface area contributed by atoms with Crippen molar-refractivity contribution in [2.45, 2.75) is 13.0 Å². The van der Waals surface area contributed by atoms with E-state index >= 15 is 0 Å². The molecule has 0 unspecified atom stereocenters. The first-order valence-electron chi connectivity index (χ1n) is 5.82. The summed E-state index contributed by atoms with van der Waals surface area (Å²) in [5, 5.41) is 3.19. The van der Waals surface area contributed by atoms with E-state index < -0.39 is 0 Å². The van der Waals surface area contributed by atoms with Gasteiger partial charge in [0.25, 0.3) is 0 Å². The van der Waals surface area contributed by atoms with Crippen molar-refractivity contribution < 1.29 is 4.74 Å². The van der Waals surface area contributed by atoms with Crippen molar-refractivity contribution in [1.29, 1.82) is 0 Å². The van der Waals surface area contributed by atoms with Gasteiger partial charge in [-0.1, -0.05) is 0 Å². The van der Waals surface area contributed by atoms with Crippen LogP contribution in [0.25, 0.3) is 0 Å². The first-order valence-corrected chi connectivity index (χ1v) is 5.82.